The lowest BCUT2D eigenvalue weighted by Crippen LogP contribution is -2.31. The van der Waals surface area contributed by atoms with Crippen molar-refractivity contribution in [2.45, 2.75) is 19.9 Å². The molecule has 3 N–H and O–H groups in total. The molecule has 1 aromatic heterocycles. The second-order valence-electron chi connectivity index (χ2n) is 4.94. The minimum atomic E-state index is -0.137. The topological polar surface area (TPSA) is 55.1 Å². The summed E-state index contributed by atoms with van der Waals surface area (Å²) in [6.45, 7) is 4.19. The van der Waals surface area contributed by atoms with E-state index in [4.69, 9.17) is 5.73 Å². The second-order valence-corrected chi connectivity index (χ2v) is 6.84. The van der Waals surface area contributed by atoms with Crippen molar-refractivity contribution in [1.82, 2.24) is 5.32 Å². The molecule has 0 bridgehead atoms. The Bertz CT molecular complexity index is 596. The molecular weight excluding hydrogens is 336 g/mol. The van der Waals surface area contributed by atoms with E-state index in [0.29, 0.717) is 17.2 Å². The minimum Gasteiger partial charge on any atom is -0.398 e. The van der Waals surface area contributed by atoms with Crippen LogP contribution in [-0.2, 0) is 0 Å². The third kappa shape index (κ3) is 3.41. The van der Waals surface area contributed by atoms with Crippen molar-refractivity contribution in [2.24, 2.45) is 5.92 Å². The molecule has 1 atom stereocenters. The third-order valence-corrected chi connectivity index (χ3v) is 4.51. The molecule has 3 nitrogen and oxygen atoms in total. The summed E-state index contributed by atoms with van der Waals surface area (Å²) in [5, 5.41) is 5.09. The molecule has 0 saturated heterocycles. The zero-order valence-corrected chi connectivity index (χ0v) is 13.8. The standard InChI is InChI=1S/C15H17BrN2OS/c1-9(2)14(13-4-3-7-20-13)18-15(19)11-6-5-10(16)8-12(11)17/h3-9,14H,17H2,1-2H3,(H,18,19). The highest BCUT2D eigenvalue weighted by Crippen LogP contribution is 2.27. The van der Waals surface area contributed by atoms with E-state index in [1.165, 1.54) is 0 Å². The monoisotopic (exact) mass is 352 g/mol. The molecule has 1 aromatic carbocycles. The first-order chi connectivity index (χ1) is 9.49. The molecule has 5 heteroatoms. The van der Waals surface area contributed by atoms with Crippen molar-refractivity contribution >= 4 is 38.9 Å². The van der Waals surface area contributed by atoms with Crippen molar-refractivity contribution in [1.29, 1.82) is 0 Å². The summed E-state index contributed by atoms with van der Waals surface area (Å²) >= 11 is 4.99. The molecule has 0 aliphatic heterocycles. The minimum absolute atomic E-state index is 0.00514. The molecule has 0 fully saturated rings. The summed E-state index contributed by atoms with van der Waals surface area (Å²) in [5.41, 5.74) is 6.89. The van der Waals surface area contributed by atoms with Crippen LogP contribution in [0.2, 0.25) is 0 Å². The van der Waals surface area contributed by atoms with E-state index in [-0.39, 0.29) is 11.9 Å². The fourth-order valence-electron chi connectivity index (χ4n) is 1.99. The van der Waals surface area contributed by atoms with Gasteiger partial charge in [0.15, 0.2) is 0 Å². The van der Waals surface area contributed by atoms with Crippen LogP contribution in [0.25, 0.3) is 0 Å². The van der Waals surface area contributed by atoms with Gasteiger partial charge in [0.1, 0.15) is 0 Å². The van der Waals surface area contributed by atoms with E-state index >= 15 is 0 Å². The van der Waals surface area contributed by atoms with Crippen molar-refractivity contribution in [3.63, 3.8) is 0 Å². The van der Waals surface area contributed by atoms with Crippen LogP contribution in [0, 0.1) is 5.92 Å². The Kier molecular flexibility index (Phi) is 4.83. The average Bonchev–Trinajstić information content (AvgIpc) is 2.88. The van der Waals surface area contributed by atoms with Gasteiger partial charge < -0.3 is 11.1 Å². The fraction of sp³-hybridized carbons (Fsp3) is 0.267. The number of carbonyl (C=O) groups is 1. The van der Waals surface area contributed by atoms with Crippen LogP contribution >= 0.6 is 27.3 Å². The van der Waals surface area contributed by atoms with E-state index in [9.17, 15) is 4.79 Å². The largest absolute Gasteiger partial charge is 0.398 e. The zero-order chi connectivity index (χ0) is 14.7. The number of halogens is 1. The van der Waals surface area contributed by atoms with Crippen molar-refractivity contribution in [3.8, 4) is 0 Å². The molecule has 1 unspecified atom stereocenters. The average molecular weight is 353 g/mol. The van der Waals surface area contributed by atoms with Crippen molar-refractivity contribution in [2.75, 3.05) is 5.73 Å². The molecule has 1 amide bonds. The smallest absolute Gasteiger partial charge is 0.253 e. The van der Waals surface area contributed by atoms with Crippen LogP contribution < -0.4 is 11.1 Å². The van der Waals surface area contributed by atoms with Gasteiger partial charge in [-0.05, 0) is 35.6 Å². The number of carbonyl (C=O) groups excluding carboxylic acids is 1. The number of anilines is 1. The summed E-state index contributed by atoms with van der Waals surface area (Å²) in [5.74, 6) is 0.177. The molecule has 106 valence electrons. The van der Waals surface area contributed by atoms with Gasteiger partial charge in [0.25, 0.3) is 5.91 Å². The highest BCUT2D eigenvalue weighted by molar-refractivity contribution is 9.10. The molecule has 0 spiro atoms. The predicted octanol–water partition coefficient (Wildman–Crippen LogP) is 4.22. The summed E-state index contributed by atoms with van der Waals surface area (Å²) in [4.78, 5) is 13.5. The molecule has 2 rings (SSSR count). The summed E-state index contributed by atoms with van der Waals surface area (Å²) in [6, 6.07) is 9.34. The van der Waals surface area contributed by atoms with Gasteiger partial charge in [0, 0.05) is 15.0 Å². The zero-order valence-electron chi connectivity index (χ0n) is 11.4. The second kappa shape index (κ2) is 6.41. The van der Waals surface area contributed by atoms with Crippen LogP contribution in [0.4, 0.5) is 5.69 Å². The van der Waals surface area contributed by atoms with Gasteiger partial charge in [-0.3, -0.25) is 4.79 Å². The molecule has 1 heterocycles. The van der Waals surface area contributed by atoms with Gasteiger partial charge in [-0.1, -0.05) is 35.8 Å². The van der Waals surface area contributed by atoms with E-state index in [1.54, 1.807) is 23.5 Å². The van der Waals surface area contributed by atoms with Gasteiger partial charge in [-0.2, -0.15) is 0 Å². The highest BCUT2D eigenvalue weighted by Gasteiger charge is 2.21. The lowest BCUT2D eigenvalue weighted by molar-refractivity contribution is 0.0927. The quantitative estimate of drug-likeness (QED) is 0.809. The molecule has 2 aromatic rings. The van der Waals surface area contributed by atoms with Crippen LogP contribution in [-0.4, -0.2) is 5.91 Å². The third-order valence-electron chi connectivity index (χ3n) is 3.06. The Balaban J connectivity index is 2.21. The Hall–Kier alpha value is -1.33. The Labute approximate surface area is 131 Å². The molecule has 20 heavy (non-hydrogen) atoms. The first-order valence-electron chi connectivity index (χ1n) is 6.38. The van der Waals surface area contributed by atoms with Gasteiger partial charge in [-0.15, -0.1) is 11.3 Å². The van der Waals surface area contributed by atoms with Crippen LogP contribution in [0.3, 0.4) is 0 Å². The Morgan fingerprint density at radius 2 is 2.10 bits per heavy atom. The molecule has 0 saturated carbocycles. The maximum Gasteiger partial charge on any atom is 0.253 e. The van der Waals surface area contributed by atoms with Crippen molar-refractivity contribution < 1.29 is 4.79 Å². The maximum atomic E-state index is 12.4. The van der Waals surface area contributed by atoms with E-state index < -0.39 is 0 Å². The number of nitrogen functional groups attached to an aromatic ring is 1. The lowest BCUT2D eigenvalue weighted by atomic mass is 10.0. The molecule has 0 aliphatic rings. The number of nitrogens with two attached hydrogens (primary N) is 1. The van der Waals surface area contributed by atoms with E-state index in [2.05, 4.69) is 35.1 Å². The first-order valence-corrected chi connectivity index (χ1v) is 8.05. The summed E-state index contributed by atoms with van der Waals surface area (Å²) in [6.07, 6.45) is 0. The SMILES string of the molecule is CC(C)C(NC(=O)c1ccc(Br)cc1N)c1cccs1. The van der Waals surface area contributed by atoms with E-state index in [1.807, 2.05) is 23.6 Å². The van der Waals surface area contributed by atoms with Gasteiger partial charge in [0.05, 0.1) is 11.6 Å². The van der Waals surface area contributed by atoms with Crippen LogP contribution in [0.15, 0.2) is 40.2 Å². The molecular formula is C15H17BrN2OS. The number of hydrogen-bond acceptors (Lipinski definition) is 3. The van der Waals surface area contributed by atoms with Crippen LogP contribution in [0.1, 0.15) is 35.1 Å². The number of benzene rings is 1. The van der Waals surface area contributed by atoms with Gasteiger partial charge >= 0.3 is 0 Å². The van der Waals surface area contributed by atoms with Gasteiger partial charge in [0.2, 0.25) is 0 Å². The number of thiophene rings is 1. The number of amides is 1. The molecule has 0 radical (unpaired) electrons. The first kappa shape index (κ1) is 15.1. The van der Waals surface area contributed by atoms with Gasteiger partial charge in [-0.25, -0.2) is 0 Å². The predicted molar refractivity (Wildman–Crippen MR) is 87.9 cm³/mol. The number of nitrogens with one attached hydrogen (secondary N) is 1. The molecule has 0 aliphatic carbocycles. The summed E-state index contributed by atoms with van der Waals surface area (Å²) < 4.78 is 0.866. The number of hydrogen-bond donors (Lipinski definition) is 2. The highest BCUT2D eigenvalue weighted by atomic mass is 79.9. The summed E-state index contributed by atoms with van der Waals surface area (Å²) in [7, 11) is 0. The maximum absolute atomic E-state index is 12.4. The lowest BCUT2D eigenvalue weighted by Gasteiger charge is -2.21. The Morgan fingerprint density at radius 1 is 1.35 bits per heavy atom. The van der Waals surface area contributed by atoms with Crippen molar-refractivity contribution in [3.05, 3.63) is 50.6 Å². The Morgan fingerprint density at radius 3 is 2.65 bits per heavy atom. The van der Waals surface area contributed by atoms with E-state index in [0.717, 1.165) is 9.35 Å². The number of rotatable bonds is 4. The normalized spacial score (nSPS) is 12.4. The van der Waals surface area contributed by atoms with Crippen LogP contribution in [0.5, 0.6) is 0 Å². The fourth-order valence-corrected chi connectivity index (χ4v) is 3.32.